The molecule has 1 aromatic carbocycles. The molecule has 19 heavy (non-hydrogen) atoms. The van der Waals surface area contributed by atoms with Crippen molar-refractivity contribution < 1.29 is 4.39 Å². The Kier molecular flexibility index (Phi) is 3.16. The number of rotatable bonds is 2. The average molecular weight is 261 g/mol. The fourth-order valence-corrected chi connectivity index (χ4v) is 2.28. The van der Waals surface area contributed by atoms with E-state index in [0.29, 0.717) is 23.4 Å². The van der Waals surface area contributed by atoms with E-state index in [1.807, 2.05) is 0 Å². The highest BCUT2D eigenvalue weighted by Crippen LogP contribution is 2.20. The lowest BCUT2D eigenvalue weighted by Crippen LogP contribution is -2.49. The molecule has 0 saturated carbocycles. The Morgan fingerprint density at radius 1 is 1.37 bits per heavy atom. The summed E-state index contributed by atoms with van der Waals surface area (Å²) in [6, 6.07) is 6.97. The van der Waals surface area contributed by atoms with Crippen molar-refractivity contribution in [2.24, 2.45) is 0 Å². The van der Waals surface area contributed by atoms with Crippen molar-refractivity contribution >= 4 is 5.95 Å². The second-order valence-electron chi connectivity index (χ2n) is 4.77. The number of benzene rings is 1. The molecule has 5 nitrogen and oxygen atoms in total. The molecule has 3 rings (SSSR count). The Bertz CT molecular complexity index is 568. The zero-order chi connectivity index (χ0) is 13.2. The van der Waals surface area contributed by atoms with E-state index in [4.69, 9.17) is 0 Å². The number of aromatic amines is 1. The van der Waals surface area contributed by atoms with Crippen molar-refractivity contribution in [1.82, 2.24) is 20.5 Å². The minimum atomic E-state index is -0.293. The Morgan fingerprint density at radius 3 is 3.00 bits per heavy atom. The van der Waals surface area contributed by atoms with Crippen LogP contribution >= 0.6 is 0 Å². The van der Waals surface area contributed by atoms with Gasteiger partial charge in [0.25, 0.3) is 0 Å². The molecule has 0 bridgehead atoms. The van der Waals surface area contributed by atoms with Gasteiger partial charge in [-0.2, -0.15) is 4.98 Å². The van der Waals surface area contributed by atoms with Crippen LogP contribution in [0.4, 0.5) is 10.3 Å². The summed E-state index contributed by atoms with van der Waals surface area (Å²) >= 11 is 0. The number of halogens is 1. The molecular formula is C13H16FN5. The summed E-state index contributed by atoms with van der Waals surface area (Å²) in [7, 11) is 0. The van der Waals surface area contributed by atoms with Gasteiger partial charge in [-0.25, -0.2) is 4.39 Å². The number of hydrogen-bond donors (Lipinski definition) is 2. The van der Waals surface area contributed by atoms with Crippen LogP contribution in [0.5, 0.6) is 0 Å². The number of H-pyrrole nitrogens is 1. The molecule has 2 heterocycles. The van der Waals surface area contributed by atoms with Crippen molar-refractivity contribution in [3.8, 4) is 11.4 Å². The molecule has 2 aromatic rings. The van der Waals surface area contributed by atoms with Crippen molar-refractivity contribution in [2.45, 2.75) is 13.0 Å². The largest absolute Gasteiger partial charge is 0.337 e. The molecule has 1 aliphatic rings. The van der Waals surface area contributed by atoms with E-state index in [2.05, 4.69) is 32.3 Å². The number of anilines is 1. The van der Waals surface area contributed by atoms with Crippen LogP contribution in [-0.2, 0) is 0 Å². The molecule has 1 aromatic heterocycles. The number of aromatic nitrogens is 3. The highest BCUT2D eigenvalue weighted by Gasteiger charge is 2.20. The monoisotopic (exact) mass is 261 g/mol. The molecule has 1 aliphatic heterocycles. The predicted octanol–water partition coefficient (Wildman–Crippen LogP) is 1.41. The highest BCUT2D eigenvalue weighted by molar-refractivity contribution is 5.57. The van der Waals surface area contributed by atoms with Crippen LogP contribution in [-0.4, -0.2) is 40.9 Å². The van der Waals surface area contributed by atoms with Crippen LogP contribution in [0.3, 0.4) is 0 Å². The van der Waals surface area contributed by atoms with Gasteiger partial charge in [-0.3, -0.25) is 5.10 Å². The van der Waals surface area contributed by atoms with Gasteiger partial charge in [-0.15, -0.1) is 5.10 Å². The summed E-state index contributed by atoms with van der Waals surface area (Å²) in [6.45, 7) is 4.74. The van der Waals surface area contributed by atoms with Gasteiger partial charge < -0.3 is 10.2 Å². The summed E-state index contributed by atoms with van der Waals surface area (Å²) in [4.78, 5) is 6.49. The van der Waals surface area contributed by atoms with Gasteiger partial charge in [-0.05, 0) is 19.1 Å². The van der Waals surface area contributed by atoms with E-state index in [-0.39, 0.29) is 5.82 Å². The van der Waals surface area contributed by atoms with E-state index >= 15 is 0 Å². The number of hydrogen-bond acceptors (Lipinski definition) is 4. The van der Waals surface area contributed by atoms with Crippen LogP contribution in [0, 0.1) is 5.82 Å². The van der Waals surface area contributed by atoms with Crippen molar-refractivity contribution in [2.75, 3.05) is 24.5 Å². The van der Waals surface area contributed by atoms with E-state index in [1.165, 1.54) is 6.07 Å². The Labute approximate surface area is 110 Å². The van der Waals surface area contributed by atoms with Gasteiger partial charge in [0.15, 0.2) is 5.82 Å². The SMILES string of the molecule is C[C@H]1CN(c2n[nH]c(-c3ccccc3F)n2)CCN1. The fraction of sp³-hybridized carbons (Fsp3) is 0.385. The standard InChI is InChI=1S/C13H16FN5/c1-9-8-19(7-6-15-9)13-16-12(17-18-13)10-4-2-3-5-11(10)14/h2-5,9,15H,6-8H2,1H3,(H,16,17,18)/t9-/m0/s1. The van der Waals surface area contributed by atoms with Crippen LogP contribution in [0.1, 0.15) is 6.92 Å². The quantitative estimate of drug-likeness (QED) is 0.858. The first-order valence-electron chi connectivity index (χ1n) is 6.39. The smallest absolute Gasteiger partial charge is 0.245 e. The minimum absolute atomic E-state index is 0.293. The molecular weight excluding hydrogens is 245 g/mol. The fourth-order valence-electron chi connectivity index (χ4n) is 2.28. The molecule has 1 saturated heterocycles. The first-order chi connectivity index (χ1) is 9.24. The third-order valence-electron chi connectivity index (χ3n) is 3.25. The maximum Gasteiger partial charge on any atom is 0.245 e. The second kappa shape index (κ2) is 4.97. The zero-order valence-electron chi connectivity index (χ0n) is 10.7. The maximum atomic E-state index is 13.7. The molecule has 0 aliphatic carbocycles. The topological polar surface area (TPSA) is 56.8 Å². The number of nitrogens with one attached hydrogen (secondary N) is 2. The molecule has 1 atom stereocenters. The summed E-state index contributed by atoms with van der Waals surface area (Å²) in [5.41, 5.74) is 0.449. The zero-order valence-corrected chi connectivity index (χ0v) is 10.7. The minimum Gasteiger partial charge on any atom is -0.337 e. The van der Waals surface area contributed by atoms with Crippen LogP contribution < -0.4 is 10.2 Å². The average Bonchev–Trinajstić information content (AvgIpc) is 2.89. The summed E-state index contributed by atoms with van der Waals surface area (Å²) < 4.78 is 13.7. The van der Waals surface area contributed by atoms with Crippen molar-refractivity contribution in [1.29, 1.82) is 0 Å². The first kappa shape index (κ1) is 12.1. The Balaban J connectivity index is 1.85. The van der Waals surface area contributed by atoms with E-state index in [9.17, 15) is 4.39 Å². The molecule has 1 fully saturated rings. The summed E-state index contributed by atoms with van der Waals surface area (Å²) in [5.74, 6) is 0.810. The van der Waals surface area contributed by atoms with Gasteiger partial charge in [0.1, 0.15) is 5.82 Å². The molecule has 0 spiro atoms. The molecule has 0 radical (unpaired) electrons. The molecule has 100 valence electrons. The van der Waals surface area contributed by atoms with Crippen LogP contribution in [0.25, 0.3) is 11.4 Å². The number of piperazine rings is 1. The van der Waals surface area contributed by atoms with E-state index < -0.39 is 0 Å². The molecule has 0 amide bonds. The van der Waals surface area contributed by atoms with Crippen LogP contribution in [0.2, 0.25) is 0 Å². The van der Waals surface area contributed by atoms with Gasteiger partial charge in [-0.1, -0.05) is 12.1 Å². The lowest BCUT2D eigenvalue weighted by Gasteiger charge is -2.30. The maximum absolute atomic E-state index is 13.7. The Hall–Kier alpha value is -1.95. The van der Waals surface area contributed by atoms with Gasteiger partial charge in [0.2, 0.25) is 5.95 Å². The van der Waals surface area contributed by atoms with Crippen molar-refractivity contribution in [3.05, 3.63) is 30.1 Å². The second-order valence-corrected chi connectivity index (χ2v) is 4.77. The van der Waals surface area contributed by atoms with Gasteiger partial charge in [0, 0.05) is 25.7 Å². The third kappa shape index (κ3) is 2.44. The van der Waals surface area contributed by atoms with E-state index in [0.717, 1.165) is 19.6 Å². The highest BCUT2D eigenvalue weighted by atomic mass is 19.1. The summed E-state index contributed by atoms with van der Waals surface area (Å²) in [5, 5.41) is 10.4. The lowest BCUT2D eigenvalue weighted by atomic mass is 10.2. The molecule has 6 heteroatoms. The molecule has 2 N–H and O–H groups in total. The van der Waals surface area contributed by atoms with Crippen LogP contribution in [0.15, 0.2) is 24.3 Å². The number of nitrogens with zero attached hydrogens (tertiary/aromatic N) is 3. The van der Waals surface area contributed by atoms with Gasteiger partial charge >= 0.3 is 0 Å². The van der Waals surface area contributed by atoms with Gasteiger partial charge in [0.05, 0.1) is 5.56 Å². The first-order valence-corrected chi connectivity index (χ1v) is 6.39. The molecule has 0 unspecified atom stereocenters. The third-order valence-corrected chi connectivity index (χ3v) is 3.25. The Morgan fingerprint density at radius 2 is 2.21 bits per heavy atom. The van der Waals surface area contributed by atoms with E-state index in [1.54, 1.807) is 18.2 Å². The lowest BCUT2D eigenvalue weighted by molar-refractivity contribution is 0.480. The van der Waals surface area contributed by atoms with Crippen molar-refractivity contribution in [3.63, 3.8) is 0 Å². The normalized spacial score (nSPS) is 19.7. The summed E-state index contributed by atoms with van der Waals surface area (Å²) in [6.07, 6.45) is 0. The predicted molar refractivity (Wildman–Crippen MR) is 71.5 cm³/mol.